The number of nitrogens with two attached hydrogens (primary N) is 1. The van der Waals surface area contributed by atoms with Gasteiger partial charge in [-0.05, 0) is 43.3 Å². The quantitative estimate of drug-likeness (QED) is 0.804. The van der Waals surface area contributed by atoms with Crippen molar-refractivity contribution in [3.63, 3.8) is 0 Å². The molecule has 0 saturated heterocycles. The molecule has 1 aliphatic heterocycles. The number of nitrogens with zero attached hydrogens (tertiary/aromatic N) is 2. The summed E-state index contributed by atoms with van der Waals surface area (Å²) in [6.07, 6.45) is 0.915. The van der Waals surface area contributed by atoms with E-state index >= 15 is 0 Å². The topological polar surface area (TPSA) is 62.3 Å². The maximum Gasteiger partial charge on any atom is 0.231 e. The molecule has 0 bridgehead atoms. The molecule has 0 saturated carbocycles. The van der Waals surface area contributed by atoms with Gasteiger partial charge in [-0.3, -0.25) is 0 Å². The Morgan fingerprint density at radius 1 is 1.09 bits per heavy atom. The van der Waals surface area contributed by atoms with Gasteiger partial charge < -0.3 is 19.8 Å². The lowest BCUT2D eigenvalue weighted by molar-refractivity contribution is 0.174. The molecular weight excluding hydrogens is 278 g/mol. The highest BCUT2D eigenvalue weighted by Gasteiger charge is 2.17. The number of fused-ring (bicyclic) bond motifs is 2. The minimum atomic E-state index is 0.280. The van der Waals surface area contributed by atoms with Gasteiger partial charge in [0.25, 0.3) is 0 Å². The van der Waals surface area contributed by atoms with E-state index in [1.54, 1.807) is 0 Å². The Bertz CT molecular complexity index is 826. The standard InChI is InChI=1S/C17H17N3O2/c18-8-3-9-20-14-5-2-1-4-13(14)19-17(20)12-6-7-15-16(10-12)22-11-21-15/h1-2,4-7,10H,3,8-9,11,18H2. The van der Waals surface area contributed by atoms with Crippen molar-refractivity contribution in [3.05, 3.63) is 42.5 Å². The fourth-order valence-electron chi connectivity index (χ4n) is 2.81. The summed E-state index contributed by atoms with van der Waals surface area (Å²) >= 11 is 0. The number of hydrogen-bond donors (Lipinski definition) is 1. The summed E-state index contributed by atoms with van der Waals surface area (Å²) in [5, 5.41) is 0. The van der Waals surface area contributed by atoms with Gasteiger partial charge in [0, 0.05) is 12.1 Å². The Labute approximate surface area is 128 Å². The Morgan fingerprint density at radius 2 is 1.95 bits per heavy atom. The maximum absolute atomic E-state index is 5.68. The largest absolute Gasteiger partial charge is 0.454 e. The van der Waals surface area contributed by atoms with Crippen LogP contribution in [0.1, 0.15) is 6.42 Å². The SMILES string of the molecule is NCCCn1c(-c2ccc3c(c2)OCO3)nc2ccccc21. The highest BCUT2D eigenvalue weighted by Crippen LogP contribution is 2.36. The molecule has 2 N–H and O–H groups in total. The monoisotopic (exact) mass is 295 g/mol. The Balaban J connectivity index is 1.86. The second-order valence-electron chi connectivity index (χ2n) is 5.29. The predicted octanol–water partition coefficient (Wildman–Crippen LogP) is 2.78. The first-order valence-corrected chi connectivity index (χ1v) is 7.42. The van der Waals surface area contributed by atoms with Gasteiger partial charge in [-0.25, -0.2) is 4.98 Å². The molecule has 2 heterocycles. The van der Waals surface area contributed by atoms with E-state index in [1.807, 2.05) is 36.4 Å². The Hall–Kier alpha value is -2.53. The number of para-hydroxylation sites is 2. The van der Waals surface area contributed by atoms with Crippen molar-refractivity contribution >= 4 is 11.0 Å². The molecule has 0 aliphatic carbocycles. The minimum absolute atomic E-state index is 0.280. The van der Waals surface area contributed by atoms with Gasteiger partial charge in [-0.2, -0.15) is 0 Å². The van der Waals surface area contributed by atoms with Gasteiger partial charge in [0.2, 0.25) is 6.79 Å². The number of aryl methyl sites for hydroxylation is 1. The van der Waals surface area contributed by atoms with Crippen molar-refractivity contribution in [2.24, 2.45) is 5.73 Å². The lowest BCUT2D eigenvalue weighted by atomic mass is 10.2. The van der Waals surface area contributed by atoms with E-state index in [9.17, 15) is 0 Å². The molecule has 22 heavy (non-hydrogen) atoms. The number of rotatable bonds is 4. The summed E-state index contributed by atoms with van der Waals surface area (Å²) in [7, 11) is 0. The fraction of sp³-hybridized carbons (Fsp3) is 0.235. The average Bonchev–Trinajstić information content (AvgIpc) is 3.16. The predicted molar refractivity (Wildman–Crippen MR) is 85.0 cm³/mol. The summed E-state index contributed by atoms with van der Waals surface area (Å²) in [6, 6.07) is 14.1. The second-order valence-corrected chi connectivity index (χ2v) is 5.29. The fourth-order valence-corrected chi connectivity index (χ4v) is 2.81. The van der Waals surface area contributed by atoms with E-state index in [4.69, 9.17) is 20.2 Å². The zero-order chi connectivity index (χ0) is 14.9. The van der Waals surface area contributed by atoms with Crippen molar-refractivity contribution in [1.29, 1.82) is 0 Å². The molecule has 5 heteroatoms. The van der Waals surface area contributed by atoms with Crippen LogP contribution in [-0.4, -0.2) is 22.9 Å². The molecule has 112 valence electrons. The van der Waals surface area contributed by atoms with E-state index in [0.717, 1.165) is 46.9 Å². The highest BCUT2D eigenvalue weighted by atomic mass is 16.7. The van der Waals surface area contributed by atoms with Crippen LogP contribution in [0.3, 0.4) is 0 Å². The first-order valence-electron chi connectivity index (χ1n) is 7.42. The van der Waals surface area contributed by atoms with Gasteiger partial charge in [0.15, 0.2) is 11.5 Å². The van der Waals surface area contributed by atoms with Gasteiger partial charge in [0.05, 0.1) is 11.0 Å². The second kappa shape index (κ2) is 5.35. The summed E-state index contributed by atoms with van der Waals surface area (Å²) in [5.41, 5.74) is 8.83. The molecule has 1 aromatic heterocycles. The van der Waals surface area contributed by atoms with Crippen molar-refractivity contribution in [3.8, 4) is 22.9 Å². The van der Waals surface area contributed by atoms with Crippen LogP contribution in [-0.2, 0) is 6.54 Å². The van der Waals surface area contributed by atoms with Gasteiger partial charge >= 0.3 is 0 Å². The van der Waals surface area contributed by atoms with E-state index in [2.05, 4.69) is 10.6 Å². The number of hydrogen-bond acceptors (Lipinski definition) is 4. The van der Waals surface area contributed by atoms with Crippen LogP contribution in [0.2, 0.25) is 0 Å². The molecule has 0 radical (unpaired) electrons. The van der Waals surface area contributed by atoms with Crippen molar-refractivity contribution in [2.75, 3.05) is 13.3 Å². The van der Waals surface area contributed by atoms with Crippen molar-refractivity contribution in [1.82, 2.24) is 9.55 Å². The Kier molecular flexibility index (Phi) is 3.20. The van der Waals surface area contributed by atoms with Crippen LogP contribution in [0.15, 0.2) is 42.5 Å². The molecule has 5 nitrogen and oxygen atoms in total. The molecule has 2 aromatic carbocycles. The lowest BCUT2D eigenvalue weighted by Gasteiger charge is -2.09. The Morgan fingerprint density at radius 3 is 2.86 bits per heavy atom. The zero-order valence-electron chi connectivity index (χ0n) is 12.2. The summed E-state index contributed by atoms with van der Waals surface area (Å²) < 4.78 is 13.1. The smallest absolute Gasteiger partial charge is 0.231 e. The van der Waals surface area contributed by atoms with Gasteiger partial charge in [-0.1, -0.05) is 12.1 Å². The maximum atomic E-state index is 5.68. The lowest BCUT2D eigenvalue weighted by Crippen LogP contribution is -2.07. The first-order chi connectivity index (χ1) is 10.9. The summed E-state index contributed by atoms with van der Waals surface area (Å²) in [4.78, 5) is 4.79. The van der Waals surface area contributed by atoms with E-state index in [0.29, 0.717) is 6.54 Å². The molecule has 4 rings (SSSR count). The molecule has 0 spiro atoms. The van der Waals surface area contributed by atoms with E-state index in [1.165, 1.54) is 0 Å². The van der Waals surface area contributed by atoms with Crippen molar-refractivity contribution in [2.45, 2.75) is 13.0 Å². The van der Waals surface area contributed by atoms with Crippen molar-refractivity contribution < 1.29 is 9.47 Å². The number of ether oxygens (including phenoxy) is 2. The van der Waals surface area contributed by atoms with Crippen LogP contribution < -0.4 is 15.2 Å². The molecule has 1 aliphatic rings. The van der Waals surface area contributed by atoms with Crippen LogP contribution in [0.4, 0.5) is 0 Å². The van der Waals surface area contributed by atoms with Gasteiger partial charge in [-0.15, -0.1) is 0 Å². The molecule has 0 amide bonds. The molecular formula is C17H17N3O2. The molecule has 0 unspecified atom stereocenters. The highest BCUT2D eigenvalue weighted by molar-refractivity contribution is 5.81. The molecule has 0 fully saturated rings. The third kappa shape index (κ3) is 2.10. The van der Waals surface area contributed by atoms with Crippen LogP contribution in [0, 0.1) is 0 Å². The normalized spacial score (nSPS) is 13.0. The van der Waals surface area contributed by atoms with Gasteiger partial charge in [0.1, 0.15) is 5.82 Å². The van der Waals surface area contributed by atoms with E-state index in [-0.39, 0.29) is 6.79 Å². The van der Waals surface area contributed by atoms with E-state index < -0.39 is 0 Å². The van der Waals surface area contributed by atoms with Crippen LogP contribution in [0.5, 0.6) is 11.5 Å². The number of benzene rings is 2. The number of aromatic nitrogens is 2. The third-order valence-electron chi connectivity index (χ3n) is 3.87. The zero-order valence-corrected chi connectivity index (χ0v) is 12.2. The summed E-state index contributed by atoms with van der Waals surface area (Å²) in [6.45, 7) is 1.79. The molecule has 0 atom stereocenters. The summed E-state index contributed by atoms with van der Waals surface area (Å²) in [5.74, 6) is 2.50. The number of imidazole rings is 1. The van der Waals surface area contributed by atoms with Crippen LogP contribution >= 0.6 is 0 Å². The first kappa shape index (κ1) is 13.2. The minimum Gasteiger partial charge on any atom is -0.454 e. The average molecular weight is 295 g/mol. The third-order valence-corrected chi connectivity index (χ3v) is 3.87. The van der Waals surface area contributed by atoms with Crippen LogP contribution in [0.25, 0.3) is 22.4 Å². The molecule has 3 aromatic rings.